The van der Waals surface area contributed by atoms with Crippen LogP contribution >= 0.6 is 11.5 Å². The highest BCUT2D eigenvalue weighted by Crippen LogP contribution is 2.28. The number of aromatic nitrogens is 2. The number of nitrogens with one attached hydrogen (secondary N) is 1. The molecule has 0 radical (unpaired) electrons. The average molecular weight is 321 g/mol. The highest BCUT2D eigenvalue weighted by Gasteiger charge is 2.13. The molecule has 0 aliphatic heterocycles. The molecule has 1 heterocycles. The number of aliphatic hydroxyl groups is 1. The second-order valence-corrected chi connectivity index (χ2v) is 7.07. The molecule has 0 saturated heterocycles. The molecular formula is C16H23N3O2S. The van der Waals surface area contributed by atoms with Crippen molar-refractivity contribution in [1.82, 2.24) is 14.9 Å². The summed E-state index contributed by atoms with van der Waals surface area (Å²) < 4.78 is 9.64. The molecule has 0 fully saturated rings. The molecule has 5 nitrogen and oxygen atoms in total. The quantitative estimate of drug-likeness (QED) is 0.856. The Morgan fingerprint density at radius 2 is 2.14 bits per heavy atom. The topological polar surface area (TPSA) is 67.3 Å². The zero-order valence-electron chi connectivity index (χ0n) is 13.5. The number of ether oxygens (including phenoxy) is 1. The van der Waals surface area contributed by atoms with Crippen molar-refractivity contribution in [3.63, 3.8) is 0 Å². The Bertz CT molecular complexity index is 607. The van der Waals surface area contributed by atoms with Crippen molar-refractivity contribution >= 4 is 11.5 Å². The van der Waals surface area contributed by atoms with Gasteiger partial charge in [0.25, 0.3) is 0 Å². The third kappa shape index (κ3) is 5.05. The van der Waals surface area contributed by atoms with Crippen LogP contribution in [0.1, 0.15) is 26.5 Å². The van der Waals surface area contributed by atoms with Gasteiger partial charge in [-0.2, -0.15) is 0 Å². The van der Waals surface area contributed by atoms with Gasteiger partial charge in [0.15, 0.2) is 0 Å². The van der Waals surface area contributed by atoms with Crippen LogP contribution in [0.5, 0.6) is 5.75 Å². The van der Waals surface area contributed by atoms with E-state index in [2.05, 4.69) is 35.7 Å². The monoisotopic (exact) mass is 321 g/mol. The second kappa shape index (κ2) is 7.17. The summed E-state index contributed by atoms with van der Waals surface area (Å²) in [5.74, 6) is 0.736. The maximum Gasteiger partial charge on any atom is 0.120 e. The number of hydrogen-bond donors (Lipinski definition) is 2. The number of rotatable bonds is 6. The first-order valence-electron chi connectivity index (χ1n) is 7.30. The predicted octanol–water partition coefficient (Wildman–Crippen LogP) is 2.64. The van der Waals surface area contributed by atoms with Crippen molar-refractivity contribution < 1.29 is 9.84 Å². The molecule has 120 valence electrons. The third-order valence-corrected chi connectivity index (χ3v) is 3.94. The first-order valence-corrected chi connectivity index (χ1v) is 8.08. The van der Waals surface area contributed by atoms with Gasteiger partial charge < -0.3 is 15.2 Å². The lowest BCUT2D eigenvalue weighted by atomic mass is 10.1. The number of aliphatic hydroxyl groups excluding tert-OH is 1. The lowest BCUT2D eigenvalue weighted by molar-refractivity contribution is 0.100. The van der Waals surface area contributed by atoms with Gasteiger partial charge >= 0.3 is 0 Å². The Morgan fingerprint density at radius 1 is 1.36 bits per heavy atom. The van der Waals surface area contributed by atoms with Gasteiger partial charge in [-0.15, -0.1) is 5.10 Å². The molecule has 0 aliphatic carbocycles. The number of nitrogens with zero attached hydrogens (tertiary/aromatic N) is 2. The summed E-state index contributed by atoms with van der Waals surface area (Å²) in [7, 11) is 0. The zero-order chi connectivity index (χ0) is 16.2. The van der Waals surface area contributed by atoms with E-state index in [1.165, 1.54) is 11.5 Å². The molecule has 2 N–H and O–H groups in total. The lowest BCUT2D eigenvalue weighted by Crippen LogP contribution is -2.42. The minimum absolute atomic E-state index is 0.0163. The number of aryl methyl sites for hydroxylation is 1. The molecule has 0 bridgehead atoms. The fourth-order valence-corrected chi connectivity index (χ4v) is 2.55. The molecule has 0 spiro atoms. The standard InChI is InChI=1S/C16H23N3O2S/c1-11-15(22-19-18-11)12-6-5-7-14(8-12)21-10-13(20)9-17-16(2,3)4/h5-8,13,17,20H,9-10H2,1-4H3. The van der Waals surface area contributed by atoms with E-state index in [4.69, 9.17) is 4.74 Å². The molecule has 1 aromatic carbocycles. The maximum absolute atomic E-state index is 9.97. The summed E-state index contributed by atoms with van der Waals surface area (Å²) in [5.41, 5.74) is 1.93. The van der Waals surface area contributed by atoms with E-state index in [1.54, 1.807) is 0 Å². The van der Waals surface area contributed by atoms with Crippen molar-refractivity contribution in [1.29, 1.82) is 0 Å². The van der Waals surface area contributed by atoms with E-state index in [9.17, 15) is 5.11 Å². The maximum atomic E-state index is 9.97. The Hall–Kier alpha value is -1.50. The fraction of sp³-hybridized carbons (Fsp3) is 0.500. The largest absolute Gasteiger partial charge is 0.491 e. The normalized spacial score (nSPS) is 13.1. The van der Waals surface area contributed by atoms with Crippen LogP contribution in [0.15, 0.2) is 24.3 Å². The Kier molecular flexibility index (Phi) is 5.50. The molecule has 1 unspecified atom stereocenters. The Morgan fingerprint density at radius 3 is 2.77 bits per heavy atom. The lowest BCUT2D eigenvalue weighted by Gasteiger charge is -2.23. The summed E-state index contributed by atoms with van der Waals surface area (Å²) in [5, 5.41) is 17.2. The van der Waals surface area contributed by atoms with Crippen LogP contribution in [-0.2, 0) is 0 Å². The van der Waals surface area contributed by atoms with Crippen LogP contribution in [0, 0.1) is 6.92 Å². The molecule has 1 atom stereocenters. The van der Waals surface area contributed by atoms with Crippen LogP contribution in [0.3, 0.4) is 0 Å². The minimum atomic E-state index is -0.547. The van der Waals surface area contributed by atoms with E-state index in [0.29, 0.717) is 6.54 Å². The number of hydrogen-bond acceptors (Lipinski definition) is 6. The number of benzene rings is 1. The Labute approximate surface area is 135 Å². The van der Waals surface area contributed by atoms with Gasteiger partial charge in [-0.05, 0) is 56.9 Å². The molecule has 1 aromatic heterocycles. The summed E-state index contributed by atoms with van der Waals surface area (Å²) in [6.45, 7) is 8.89. The molecule has 2 rings (SSSR count). The van der Waals surface area contributed by atoms with Crippen LogP contribution in [0.25, 0.3) is 10.4 Å². The highest BCUT2D eigenvalue weighted by atomic mass is 32.1. The fourth-order valence-electron chi connectivity index (χ4n) is 1.90. The molecule has 6 heteroatoms. The molecule has 0 aliphatic rings. The van der Waals surface area contributed by atoms with E-state index >= 15 is 0 Å². The first kappa shape index (κ1) is 16.9. The van der Waals surface area contributed by atoms with E-state index in [-0.39, 0.29) is 12.1 Å². The van der Waals surface area contributed by atoms with Crippen molar-refractivity contribution in [3.8, 4) is 16.2 Å². The van der Waals surface area contributed by atoms with Gasteiger partial charge in [0.1, 0.15) is 18.5 Å². The van der Waals surface area contributed by atoms with Crippen molar-refractivity contribution in [2.75, 3.05) is 13.2 Å². The molecule has 0 amide bonds. The van der Waals surface area contributed by atoms with Crippen molar-refractivity contribution in [2.24, 2.45) is 0 Å². The first-order chi connectivity index (χ1) is 10.3. The zero-order valence-corrected chi connectivity index (χ0v) is 14.3. The third-order valence-electron chi connectivity index (χ3n) is 3.06. The molecule has 2 aromatic rings. The predicted molar refractivity (Wildman–Crippen MR) is 89.3 cm³/mol. The van der Waals surface area contributed by atoms with Gasteiger partial charge in [-0.3, -0.25) is 0 Å². The number of β-amino-alcohol motifs (C(OH)–C–C–N with tert-alkyl or cyclic N) is 1. The van der Waals surface area contributed by atoms with Crippen LogP contribution in [0.2, 0.25) is 0 Å². The van der Waals surface area contributed by atoms with Crippen LogP contribution < -0.4 is 10.1 Å². The molecule has 0 saturated carbocycles. The Balaban J connectivity index is 1.93. The molecule has 22 heavy (non-hydrogen) atoms. The van der Waals surface area contributed by atoms with Gasteiger partial charge in [0.2, 0.25) is 0 Å². The summed E-state index contributed by atoms with van der Waals surface area (Å²) >= 11 is 1.37. The van der Waals surface area contributed by atoms with E-state index < -0.39 is 6.10 Å². The van der Waals surface area contributed by atoms with E-state index in [1.807, 2.05) is 31.2 Å². The van der Waals surface area contributed by atoms with Gasteiger partial charge in [0.05, 0.1) is 10.6 Å². The summed E-state index contributed by atoms with van der Waals surface area (Å²) in [6.07, 6.45) is -0.547. The second-order valence-electron chi connectivity index (χ2n) is 6.31. The van der Waals surface area contributed by atoms with Crippen molar-refractivity contribution in [3.05, 3.63) is 30.0 Å². The summed E-state index contributed by atoms with van der Waals surface area (Å²) in [6, 6.07) is 7.78. The smallest absolute Gasteiger partial charge is 0.120 e. The minimum Gasteiger partial charge on any atom is -0.491 e. The van der Waals surface area contributed by atoms with Crippen LogP contribution in [-0.4, -0.2) is 39.5 Å². The SMILES string of the molecule is Cc1nnsc1-c1cccc(OCC(O)CNC(C)(C)C)c1. The van der Waals surface area contributed by atoms with Gasteiger partial charge in [-0.25, -0.2) is 0 Å². The van der Waals surface area contributed by atoms with Gasteiger partial charge in [0, 0.05) is 12.1 Å². The van der Waals surface area contributed by atoms with E-state index in [0.717, 1.165) is 21.9 Å². The highest BCUT2D eigenvalue weighted by molar-refractivity contribution is 7.09. The summed E-state index contributed by atoms with van der Waals surface area (Å²) in [4.78, 5) is 1.04. The van der Waals surface area contributed by atoms with Crippen molar-refractivity contribution in [2.45, 2.75) is 39.3 Å². The van der Waals surface area contributed by atoms with Crippen LogP contribution in [0.4, 0.5) is 0 Å². The average Bonchev–Trinajstić information content (AvgIpc) is 2.89. The molecular weight excluding hydrogens is 298 g/mol. The van der Waals surface area contributed by atoms with Gasteiger partial charge in [-0.1, -0.05) is 16.6 Å².